The first kappa shape index (κ1) is 16.5. The lowest BCUT2D eigenvalue weighted by Crippen LogP contribution is -2.49. The predicted octanol–water partition coefficient (Wildman–Crippen LogP) is 2.04. The second-order valence-corrected chi connectivity index (χ2v) is 6.92. The highest BCUT2D eigenvalue weighted by Gasteiger charge is 2.33. The van der Waals surface area contributed by atoms with Gasteiger partial charge in [-0.15, -0.1) is 11.8 Å². The van der Waals surface area contributed by atoms with E-state index in [0.717, 1.165) is 27.3 Å². The third kappa shape index (κ3) is 3.50. The smallest absolute Gasteiger partial charge is 0.244 e. The van der Waals surface area contributed by atoms with Gasteiger partial charge in [0.1, 0.15) is 6.54 Å². The van der Waals surface area contributed by atoms with Crippen LogP contribution in [0.3, 0.4) is 0 Å². The number of benzene rings is 1. The Morgan fingerprint density at radius 3 is 2.45 bits per heavy atom. The van der Waals surface area contributed by atoms with E-state index in [0.29, 0.717) is 0 Å². The topological polar surface area (TPSA) is 66.5 Å². The zero-order valence-electron chi connectivity index (χ0n) is 13.2. The molecular weight excluding hydrogens is 300 g/mol. The number of hydrogen-bond acceptors (Lipinski definition) is 4. The van der Waals surface area contributed by atoms with Gasteiger partial charge in [-0.2, -0.15) is 0 Å². The van der Waals surface area contributed by atoms with Gasteiger partial charge in [0.2, 0.25) is 17.7 Å². The van der Waals surface area contributed by atoms with E-state index in [1.165, 1.54) is 11.8 Å². The second kappa shape index (κ2) is 6.52. The molecule has 0 bridgehead atoms. The van der Waals surface area contributed by atoms with Crippen molar-refractivity contribution in [2.45, 2.75) is 32.9 Å². The van der Waals surface area contributed by atoms with Crippen LogP contribution in [-0.2, 0) is 14.4 Å². The molecular formula is C16H20N2O3S. The van der Waals surface area contributed by atoms with Crippen LogP contribution in [0.1, 0.15) is 23.6 Å². The van der Waals surface area contributed by atoms with Gasteiger partial charge >= 0.3 is 0 Å². The van der Waals surface area contributed by atoms with Crippen molar-refractivity contribution in [1.82, 2.24) is 4.90 Å². The van der Waals surface area contributed by atoms with Gasteiger partial charge in [-0.1, -0.05) is 17.7 Å². The van der Waals surface area contributed by atoms with Crippen molar-refractivity contribution < 1.29 is 14.4 Å². The van der Waals surface area contributed by atoms with Gasteiger partial charge in [0.25, 0.3) is 0 Å². The Balaban J connectivity index is 2.10. The SMILES string of the molecule is Cc1cc(C)c(NC(=O)CN2C(=O)CS[C@@H](C)C2=O)c(C)c1. The molecule has 5 nitrogen and oxygen atoms in total. The standard InChI is InChI=1S/C16H20N2O3S/c1-9-5-10(2)15(11(3)6-9)17-13(19)7-18-14(20)8-22-12(4)16(18)21/h5-6,12H,7-8H2,1-4H3,(H,17,19)/t12-/m0/s1. The molecule has 1 aromatic rings. The monoisotopic (exact) mass is 320 g/mol. The fourth-order valence-corrected chi connectivity index (χ4v) is 3.37. The Bertz CT molecular complexity index is 619. The Morgan fingerprint density at radius 1 is 1.27 bits per heavy atom. The third-order valence-electron chi connectivity index (χ3n) is 3.61. The summed E-state index contributed by atoms with van der Waals surface area (Å²) < 4.78 is 0. The molecule has 0 aliphatic carbocycles. The van der Waals surface area contributed by atoms with Gasteiger partial charge in [-0.25, -0.2) is 0 Å². The lowest BCUT2D eigenvalue weighted by molar-refractivity contribution is -0.145. The zero-order chi connectivity index (χ0) is 16.4. The summed E-state index contributed by atoms with van der Waals surface area (Å²) in [7, 11) is 0. The number of nitrogens with zero attached hydrogens (tertiary/aromatic N) is 1. The Morgan fingerprint density at radius 2 is 1.86 bits per heavy atom. The maximum atomic E-state index is 12.2. The Labute approximate surface area is 134 Å². The maximum Gasteiger partial charge on any atom is 0.244 e. The van der Waals surface area contributed by atoms with E-state index in [2.05, 4.69) is 5.32 Å². The summed E-state index contributed by atoms with van der Waals surface area (Å²) in [6, 6.07) is 3.97. The van der Waals surface area contributed by atoms with Gasteiger partial charge in [-0.05, 0) is 38.8 Å². The number of nitrogens with one attached hydrogen (secondary N) is 1. The number of rotatable bonds is 3. The lowest BCUT2D eigenvalue weighted by atomic mass is 10.1. The van der Waals surface area contributed by atoms with E-state index in [9.17, 15) is 14.4 Å². The number of carbonyl (C=O) groups is 3. The van der Waals surface area contributed by atoms with Crippen LogP contribution in [0, 0.1) is 20.8 Å². The fraction of sp³-hybridized carbons (Fsp3) is 0.438. The Hall–Kier alpha value is -1.82. The highest BCUT2D eigenvalue weighted by Crippen LogP contribution is 2.23. The van der Waals surface area contributed by atoms with E-state index in [1.54, 1.807) is 6.92 Å². The molecule has 6 heteroatoms. The number of aryl methyl sites for hydroxylation is 3. The second-order valence-electron chi connectivity index (χ2n) is 5.59. The highest BCUT2D eigenvalue weighted by atomic mass is 32.2. The van der Waals surface area contributed by atoms with E-state index in [-0.39, 0.29) is 35.3 Å². The number of imide groups is 1. The van der Waals surface area contributed by atoms with Gasteiger partial charge < -0.3 is 5.32 Å². The van der Waals surface area contributed by atoms with Crippen molar-refractivity contribution >= 4 is 35.2 Å². The van der Waals surface area contributed by atoms with Gasteiger partial charge in [-0.3, -0.25) is 19.3 Å². The van der Waals surface area contributed by atoms with E-state index < -0.39 is 0 Å². The third-order valence-corrected chi connectivity index (χ3v) is 4.73. The minimum atomic E-state index is -0.351. The fourth-order valence-electron chi connectivity index (χ4n) is 2.55. The lowest BCUT2D eigenvalue weighted by Gasteiger charge is -2.28. The van der Waals surface area contributed by atoms with Gasteiger partial charge in [0.05, 0.1) is 11.0 Å². The first-order chi connectivity index (χ1) is 10.3. The minimum absolute atomic E-state index is 0.227. The van der Waals surface area contributed by atoms with Gasteiger partial charge in [0.15, 0.2) is 0 Å². The molecule has 118 valence electrons. The molecule has 0 unspecified atom stereocenters. The zero-order valence-corrected chi connectivity index (χ0v) is 14.0. The van der Waals surface area contributed by atoms with Crippen molar-refractivity contribution in [1.29, 1.82) is 0 Å². The van der Waals surface area contributed by atoms with Crippen LogP contribution >= 0.6 is 11.8 Å². The molecule has 1 atom stereocenters. The van der Waals surface area contributed by atoms with Crippen LogP contribution in [0.5, 0.6) is 0 Å². The minimum Gasteiger partial charge on any atom is -0.324 e. The van der Waals surface area contributed by atoms with E-state index in [4.69, 9.17) is 0 Å². The summed E-state index contributed by atoms with van der Waals surface area (Å²) >= 11 is 1.30. The summed E-state index contributed by atoms with van der Waals surface area (Å²) in [6.07, 6.45) is 0. The van der Waals surface area contributed by atoms with E-state index >= 15 is 0 Å². The number of hydrogen-bond donors (Lipinski definition) is 1. The molecule has 3 amide bonds. The molecule has 2 rings (SSSR count). The van der Waals surface area contributed by atoms with Crippen molar-refractivity contribution in [3.63, 3.8) is 0 Å². The number of thioether (sulfide) groups is 1. The average molecular weight is 320 g/mol. The maximum absolute atomic E-state index is 12.2. The largest absolute Gasteiger partial charge is 0.324 e. The molecule has 1 aliphatic heterocycles. The molecule has 1 heterocycles. The van der Waals surface area contributed by atoms with E-state index in [1.807, 2.05) is 32.9 Å². The first-order valence-corrected chi connectivity index (χ1v) is 8.18. The summed E-state index contributed by atoms with van der Waals surface area (Å²) in [5.74, 6) is -0.715. The quantitative estimate of drug-likeness (QED) is 0.866. The Kier molecular flexibility index (Phi) is 4.90. The summed E-state index contributed by atoms with van der Waals surface area (Å²) in [6.45, 7) is 7.36. The molecule has 1 aromatic carbocycles. The number of anilines is 1. The van der Waals surface area contributed by atoms with Crippen LogP contribution in [0.25, 0.3) is 0 Å². The van der Waals surface area contributed by atoms with Crippen LogP contribution in [0.2, 0.25) is 0 Å². The molecule has 1 fully saturated rings. The van der Waals surface area contributed by atoms with Crippen molar-refractivity contribution in [2.24, 2.45) is 0 Å². The summed E-state index contributed by atoms with van der Waals surface area (Å²) in [5, 5.41) is 2.53. The van der Waals surface area contributed by atoms with Crippen molar-refractivity contribution in [3.8, 4) is 0 Å². The normalized spacial score (nSPS) is 18.5. The average Bonchev–Trinajstić information content (AvgIpc) is 2.43. The highest BCUT2D eigenvalue weighted by molar-refractivity contribution is 8.01. The van der Waals surface area contributed by atoms with Crippen molar-refractivity contribution in [3.05, 3.63) is 28.8 Å². The first-order valence-electron chi connectivity index (χ1n) is 7.13. The van der Waals surface area contributed by atoms with Crippen LogP contribution < -0.4 is 5.32 Å². The molecule has 0 aromatic heterocycles. The molecule has 0 spiro atoms. The molecule has 1 saturated heterocycles. The molecule has 1 aliphatic rings. The molecule has 1 N–H and O–H groups in total. The number of amides is 3. The van der Waals surface area contributed by atoms with Crippen LogP contribution in [0.15, 0.2) is 12.1 Å². The van der Waals surface area contributed by atoms with Crippen LogP contribution in [0.4, 0.5) is 5.69 Å². The summed E-state index contributed by atoms with van der Waals surface area (Å²) in [5.41, 5.74) is 3.80. The van der Waals surface area contributed by atoms with Crippen molar-refractivity contribution in [2.75, 3.05) is 17.6 Å². The molecule has 0 radical (unpaired) electrons. The molecule has 0 saturated carbocycles. The molecule has 22 heavy (non-hydrogen) atoms. The van der Waals surface area contributed by atoms with Gasteiger partial charge in [0, 0.05) is 5.69 Å². The number of carbonyl (C=O) groups excluding carboxylic acids is 3. The predicted molar refractivity (Wildman–Crippen MR) is 87.9 cm³/mol. The summed E-state index contributed by atoms with van der Waals surface area (Å²) in [4.78, 5) is 37.1. The van der Waals surface area contributed by atoms with Crippen LogP contribution in [-0.4, -0.2) is 40.2 Å².